The highest BCUT2D eigenvalue weighted by Gasteiger charge is 2.08. The Kier molecular flexibility index (Phi) is 3.89. The van der Waals surface area contributed by atoms with E-state index >= 15 is 0 Å². The first-order chi connectivity index (χ1) is 4.92. The molecule has 0 spiro atoms. The molecule has 0 amide bonds. The van der Waals surface area contributed by atoms with Gasteiger partial charge in [0.1, 0.15) is 6.73 Å². The zero-order chi connectivity index (χ0) is 8.91. The largest absolute Gasteiger partial charge is 0.370 e. The van der Waals surface area contributed by atoms with Crippen molar-refractivity contribution in [3.63, 3.8) is 0 Å². The first-order valence-electron chi connectivity index (χ1n) is 3.55. The second kappa shape index (κ2) is 4.18. The molecular formula is C7H17N3O. The van der Waals surface area contributed by atoms with Gasteiger partial charge in [0, 0.05) is 0 Å². The van der Waals surface area contributed by atoms with E-state index in [1.54, 1.807) is 0 Å². The Morgan fingerprint density at radius 3 is 2.27 bits per heavy atom. The number of guanidine groups is 1. The van der Waals surface area contributed by atoms with Gasteiger partial charge >= 0.3 is 0 Å². The second-order valence-corrected chi connectivity index (χ2v) is 3.62. The molecule has 0 aliphatic heterocycles. The van der Waals surface area contributed by atoms with Gasteiger partial charge in [0.15, 0.2) is 5.96 Å². The van der Waals surface area contributed by atoms with Gasteiger partial charge in [-0.1, -0.05) is 20.8 Å². The number of hydrogen-bond donors (Lipinski definition) is 2. The van der Waals surface area contributed by atoms with E-state index in [4.69, 9.17) is 16.2 Å². The second-order valence-electron chi connectivity index (χ2n) is 3.62. The molecule has 0 aromatic heterocycles. The number of rotatable bonds is 3. The molecule has 4 N–H and O–H groups in total. The summed E-state index contributed by atoms with van der Waals surface area (Å²) in [4.78, 5) is 3.68. The standard InChI is InChI=1S/C7H17N3O/c1-7(2,3)4-11-5-10-6(8)9/h4-5H2,1-3H3,(H4,8,9,10). The Bertz CT molecular complexity index is 133. The summed E-state index contributed by atoms with van der Waals surface area (Å²) in [5.41, 5.74) is 10.3. The van der Waals surface area contributed by atoms with Crippen LogP contribution in [0.4, 0.5) is 0 Å². The van der Waals surface area contributed by atoms with E-state index in [-0.39, 0.29) is 18.1 Å². The summed E-state index contributed by atoms with van der Waals surface area (Å²) in [6.07, 6.45) is 0. The Morgan fingerprint density at radius 2 is 1.91 bits per heavy atom. The molecule has 0 aromatic rings. The van der Waals surface area contributed by atoms with E-state index in [1.807, 2.05) is 0 Å². The molecule has 11 heavy (non-hydrogen) atoms. The van der Waals surface area contributed by atoms with Gasteiger partial charge in [-0.2, -0.15) is 0 Å². The lowest BCUT2D eigenvalue weighted by atomic mass is 9.99. The van der Waals surface area contributed by atoms with Crippen molar-refractivity contribution in [3.05, 3.63) is 0 Å². The molecule has 0 bridgehead atoms. The smallest absolute Gasteiger partial charge is 0.188 e. The summed E-state index contributed by atoms with van der Waals surface area (Å²) < 4.78 is 5.16. The lowest BCUT2D eigenvalue weighted by molar-refractivity contribution is 0.0767. The fourth-order valence-corrected chi connectivity index (χ4v) is 0.472. The Balaban J connectivity index is 3.36. The third-order valence-corrected chi connectivity index (χ3v) is 0.873. The molecule has 0 rings (SSSR count). The molecular weight excluding hydrogens is 142 g/mol. The molecule has 0 fully saturated rings. The third-order valence-electron chi connectivity index (χ3n) is 0.873. The van der Waals surface area contributed by atoms with Crippen molar-refractivity contribution in [1.82, 2.24) is 0 Å². The zero-order valence-electron chi connectivity index (χ0n) is 7.42. The highest BCUT2D eigenvalue weighted by molar-refractivity contribution is 5.75. The van der Waals surface area contributed by atoms with Crippen LogP contribution in [0, 0.1) is 5.41 Å². The van der Waals surface area contributed by atoms with Gasteiger partial charge in [0.25, 0.3) is 0 Å². The maximum Gasteiger partial charge on any atom is 0.188 e. The van der Waals surface area contributed by atoms with Crippen molar-refractivity contribution >= 4 is 5.96 Å². The average molecular weight is 159 g/mol. The van der Waals surface area contributed by atoms with E-state index in [0.29, 0.717) is 6.61 Å². The van der Waals surface area contributed by atoms with Crippen molar-refractivity contribution in [2.75, 3.05) is 13.3 Å². The van der Waals surface area contributed by atoms with Crippen LogP contribution in [-0.2, 0) is 4.74 Å². The Labute approximate surface area is 67.6 Å². The maximum absolute atomic E-state index is 5.16. The van der Waals surface area contributed by atoms with Crippen LogP contribution in [0.25, 0.3) is 0 Å². The minimum atomic E-state index is 0.0684. The monoisotopic (exact) mass is 159 g/mol. The molecule has 4 heteroatoms. The molecule has 0 aliphatic rings. The lowest BCUT2D eigenvalue weighted by Gasteiger charge is -2.16. The van der Waals surface area contributed by atoms with Crippen LogP contribution < -0.4 is 11.5 Å². The van der Waals surface area contributed by atoms with Crippen molar-refractivity contribution in [3.8, 4) is 0 Å². The number of aliphatic imine (C=N–C) groups is 1. The van der Waals surface area contributed by atoms with Gasteiger partial charge in [-0.05, 0) is 5.41 Å². The van der Waals surface area contributed by atoms with Gasteiger partial charge in [-0.25, -0.2) is 4.99 Å². The van der Waals surface area contributed by atoms with Crippen LogP contribution in [-0.4, -0.2) is 19.3 Å². The van der Waals surface area contributed by atoms with Crippen LogP contribution in [0.15, 0.2) is 4.99 Å². The van der Waals surface area contributed by atoms with E-state index in [9.17, 15) is 0 Å². The molecule has 0 aliphatic carbocycles. The molecule has 0 heterocycles. The van der Waals surface area contributed by atoms with E-state index in [2.05, 4.69) is 25.8 Å². The topological polar surface area (TPSA) is 73.6 Å². The first-order valence-corrected chi connectivity index (χ1v) is 3.55. The molecule has 66 valence electrons. The fraction of sp³-hybridized carbons (Fsp3) is 0.857. The summed E-state index contributed by atoms with van der Waals surface area (Å²) in [7, 11) is 0. The highest BCUT2D eigenvalue weighted by atomic mass is 16.5. The normalized spacial score (nSPS) is 11.2. The van der Waals surface area contributed by atoms with E-state index in [0.717, 1.165) is 0 Å². The number of hydrogen-bond acceptors (Lipinski definition) is 2. The summed E-state index contributed by atoms with van der Waals surface area (Å²) in [5, 5.41) is 0. The predicted octanol–water partition coefficient (Wildman–Crippen LogP) is 0.280. The number of nitrogens with zero attached hydrogens (tertiary/aromatic N) is 1. The molecule has 0 atom stereocenters. The quantitative estimate of drug-likeness (QED) is 0.353. The minimum Gasteiger partial charge on any atom is -0.370 e. The summed E-state index contributed by atoms with van der Waals surface area (Å²) in [6, 6.07) is 0. The van der Waals surface area contributed by atoms with E-state index in [1.165, 1.54) is 0 Å². The molecule has 0 saturated carbocycles. The van der Waals surface area contributed by atoms with Gasteiger partial charge in [0.2, 0.25) is 0 Å². The van der Waals surface area contributed by atoms with Gasteiger partial charge in [-0.3, -0.25) is 0 Å². The van der Waals surface area contributed by atoms with Crippen LogP contribution in [0.3, 0.4) is 0 Å². The molecule has 0 aromatic carbocycles. The van der Waals surface area contributed by atoms with E-state index < -0.39 is 0 Å². The summed E-state index contributed by atoms with van der Waals surface area (Å²) in [5.74, 6) is 0.0684. The zero-order valence-corrected chi connectivity index (χ0v) is 7.42. The summed E-state index contributed by atoms with van der Waals surface area (Å²) >= 11 is 0. The fourth-order valence-electron chi connectivity index (χ4n) is 0.472. The molecule has 0 unspecified atom stereocenters. The molecule has 0 saturated heterocycles. The van der Waals surface area contributed by atoms with Gasteiger partial charge in [-0.15, -0.1) is 0 Å². The Hall–Kier alpha value is -0.770. The Morgan fingerprint density at radius 1 is 1.36 bits per heavy atom. The van der Waals surface area contributed by atoms with Crippen molar-refractivity contribution in [2.24, 2.45) is 21.9 Å². The van der Waals surface area contributed by atoms with Crippen molar-refractivity contribution < 1.29 is 4.74 Å². The number of nitrogens with two attached hydrogens (primary N) is 2. The molecule has 0 radical (unpaired) electrons. The first kappa shape index (κ1) is 10.2. The number of ether oxygens (including phenoxy) is 1. The minimum absolute atomic E-state index is 0.0684. The molecule has 4 nitrogen and oxygen atoms in total. The predicted molar refractivity (Wildman–Crippen MR) is 46.1 cm³/mol. The van der Waals surface area contributed by atoms with Crippen molar-refractivity contribution in [2.45, 2.75) is 20.8 Å². The van der Waals surface area contributed by atoms with Crippen molar-refractivity contribution in [1.29, 1.82) is 0 Å². The van der Waals surface area contributed by atoms with Crippen LogP contribution >= 0.6 is 0 Å². The van der Waals surface area contributed by atoms with Gasteiger partial charge in [0.05, 0.1) is 6.61 Å². The maximum atomic E-state index is 5.16. The third kappa shape index (κ3) is 9.23. The lowest BCUT2D eigenvalue weighted by Crippen LogP contribution is -2.24. The van der Waals surface area contributed by atoms with Crippen LogP contribution in [0.5, 0.6) is 0 Å². The van der Waals surface area contributed by atoms with Crippen LogP contribution in [0.1, 0.15) is 20.8 Å². The SMILES string of the molecule is CC(C)(C)COCN=C(N)N. The van der Waals surface area contributed by atoms with Gasteiger partial charge < -0.3 is 16.2 Å². The highest BCUT2D eigenvalue weighted by Crippen LogP contribution is 2.12. The summed E-state index contributed by atoms with van der Waals surface area (Å²) in [6.45, 7) is 7.16. The average Bonchev–Trinajstić information content (AvgIpc) is 1.78. The van der Waals surface area contributed by atoms with Crippen LogP contribution in [0.2, 0.25) is 0 Å².